The van der Waals surface area contributed by atoms with Crippen LogP contribution >= 0.6 is 40.7 Å². The zero-order valence-electron chi connectivity index (χ0n) is 18.9. The van der Waals surface area contributed by atoms with Gasteiger partial charge in [0.1, 0.15) is 6.10 Å². The number of carbonyl (C=O) groups excluding carboxylic acids is 1. The molecule has 0 amide bonds. The lowest BCUT2D eigenvalue weighted by atomic mass is 10.1. The standard InChI is InChI=1S/C23H28BrN3O4S.2ClH/c1-18(28)31-22-17-25(15-19-7-3-2-4-8-19)16-21(22)26-11-13-27(14-12-26)32(29,30)23-10-6-5-9-20(23)24;;/h2-10,21-22H,11-17H2,1H3;2*1H/t21-,22+;;/m0../s1. The van der Waals surface area contributed by atoms with Gasteiger partial charge in [0.2, 0.25) is 10.0 Å². The lowest BCUT2D eigenvalue weighted by Gasteiger charge is -2.38. The van der Waals surface area contributed by atoms with Gasteiger partial charge in [-0.25, -0.2) is 8.42 Å². The quantitative estimate of drug-likeness (QED) is 0.477. The molecule has 188 valence electrons. The van der Waals surface area contributed by atoms with Crippen molar-refractivity contribution in [3.05, 3.63) is 64.6 Å². The Hall–Kier alpha value is -1.20. The molecule has 0 bridgehead atoms. The van der Waals surface area contributed by atoms with Crippen molar-refractivity contribution in [2.24, 2.45) is 0 Å². The Morgan fingerprint density at radius 2 is 1.59 bits per heavy atom. The predicted molar refractivity (Wildman–Crippen MR) is 140 cm³/mol. The molecule has 0 aromatic heterocycles. The fraction of sp³-hybridized carbons (Fsp3) is 0.435. The van der Waals surface area contributed by atoms with Crippen LogP contribution in [0.25, 0.3) is 0 Å². The van der Waals surface area contributed by atoms with Gasteiger partial charge in [-0.2, -0.15) is 4.31 Å². The Balaban J connectivity index is 0.00000204. The molecule has 7 nitrogen and oxygen atoms in total. The molecule has 0 N–H and O–H groups in total. The summed E-state index contributed by atoms with van der Waals surface area (Å²) >= 11 is 3.36. The summed E-state index contributed by atoms with van der Waals surface area (Å²) in [7, 11) is -3.56. The van der Waals surface area contributed by atoms with E-state index in [0.717, 1.165) is 13.1 Å². The van der Waals surface area contributed by atoms with Crippen LogP contribution in [0, 0.1) is 0 Å². The second-order valence-electron chi connectivity index (χ2n) is 8.27. The summed E-state index contributed by atoms with van der Waals surface area (Å²) in [6.45, 7) is 5.72. The van der Waals surface area contributed by atoms with Crippen LogP contribution in [0.2, 0.25) is 0 Å². The lowest BCUT2D eigenvalue weighted by molar-refractivity contribution is -0.148. The van der Waals surface area contributed by atoms with Crippen LogP contribution in [0.4, 0.5) is 0 Å². The number of piperazine rings is 1. The minimum Gasteiger partial charge on any atom is -0.459 e. The summed E-state index contributed by atoms with van der Waals surface area (Å²) in [6, 6.07) is 17.2. The topological polar surface area (TPSA) is 70.2 Å². The predicted octanol–water partition coefficient (Wildman–Crippen LogP) is 3.42. The number of likely N-dealkylation sites (tertiary alicyclic amines) is 1. The molecule has 2 aromatic rings. The van der Waals surface area contributed by atoms with E-state index in [4.69, 9.17) is 4.74 Å². The first-order valence-electron chi connectivity index (χ1n) is 10.8. The van der Waals surface area contributed by atoms with Gasteiger partial charge >= 0.3 is 5.97 Å². The maximum Gasteiger partial charge on any atom is 0.303 e. The van der Waals surface area contributed by atoms with Gasteiger partial charge in [0.25, 0.3) is 0 Å². The second-order valence-corrected chi connectivity index (χ2v) is 11.0. The summed E-state index contributed by atoms with van der Waals surface area (Å²) in [5.74, 6) is -0.281. The number of hydrogen-bond donors (Lipinski definition) is 0. The third-order valence-electron chi connectivity index (χ3n) is 6.08. The smallest absolute Gasteiger partial charge is 0.303 e. The van der Waals surface area contributed by atoms with E-state index in [9.17, 15) is 13.2 Å². The number of carbonyl (C=O) groups is 1. The number of hydrogen-bond acceptors (Lipinski definition) is 6. The number of halogens is 3. The fourth-order valence-electron chi connectivity index (χ4n) is 4.55. The van der Waals surface area contributed by atoms with Crippen molar-refractivity contribution in [3.63, 3.8) is 0 Å². The molecular formula is C23H30BrCl2N3O4S. The Kier molecular flexibility index (Phi) is 10.8. The SMILES string of the molecule is CC(=O)O[C@@H]1CN(Cc2ccccc2)C[C@@H]1N1CCN(S(=O)(=O)c2ccccc2Br)CC1.Cl.Cl. The van der Waals surface area contributed by atoms with E-state index in [2.05, 4.69) is 37.9 Å². The highest BCUT2D eigenvalue weighted by molar-refractivity contribution is 9.10. The molecule has 2 aromatic carbocycles. The van der Waals surface area contributed by atoms with Crippen molar-refractivity contribution in [3.8, 4) is 0 Å². The summed E-state index contributed by atoms with van der Waals surface area (Å²) in [4.78, 5) is 16.6. The van der Waals surface area contributed by atoms with Crippen molar-refractivity contribution in [2.75, 3.05) is 39.3 Å². The summed E-state index contributed by atoms with van der Waals surface area (Å²) in [6.07, 6.45) is -0.220. The number of ether oxygens (including phenoxy) is 1. The number of sulfonamides is 1. The van der Waals surface area contributed by atoms with Crippen LogP contribution in [0.1, 0.15) is 12.5 Å². The first kappa shape index (κ1) is 29.0. The number of benzene rings is 2. The Morgan fingerprint density at radius 3 is 2.21 bits per heavy atom. The van der Waals surface area contributed by atoms with Gasteiger partial charge in [-0.15, -0.1) is 24.8 Å². The molecule has 2 aliphatic heterocycles. The average molecular weight is 595 g/mol. The normalized spacial score (nSPS) is 21.9. The molecule has 0 aliphatic carbocycles. The summed E-state index contributed by atoms with van der Waals surface area (Å²) < 4.78 is 34.0. The van der Waals surface area contributed by atoms with Crippen LogP contribution < -0.4 is 0 Å². The van der Waals surface area contributed by atoms with Gasteiger partial charge in [-0.3, -0.25) is 14.6 Å². The van der Waals surface area contributed by atoms with Crippen LogP contribution in [-0.2, 0) is 26.1 Å². The molecule has 11 heteroatoms. The van der Waals surface area contributed by atoms with Crippen molar-refractivity contribution in [1.82, 2.24) is 14.1 Å². The molecule has 2 aliphatic rings. The monoisotopic (exact) mass is 593 g/mol. The third-order valence-corrected chi connectivity index (χ3v) is 8.99. The van der Waals surface area contributed by atoms with Crippen LogP contribution in [0.15, 0.2) is 64.0 Å². The van der Waals surface area contributed by atoms with Crippen molar-refractivity contribution in [2.45, 2.75) is 30.5 Å². The van der Waals surface area contributed by atoms with E-state index in [1.54, 1.807) is 28.6 Å². The molecule has 2 atom stereocenters. The molecule has 2 saturated heterocycles. The zero-order valence-corrected chi connectivity index (χ0v) is 22.9. The van der Waals surface area contributed by atoms with E-state index in [1.165, 1.54) is 12.5 Å². The highest BCUT2D eigenvalue weighted by Crippen LogP contribution is 2.27. The molecule has 0 radical (unpaired) electrons. The van der Waals surface area contributed by atoms with Gasteiger partial charge in [-0.05, 0) is 33.6 Å². The van der Waals surface area contributed by atoms with Gasteiger partial charge < -0.3 is 4.74 Å². The Labute approximate surface area is 222 Å². The van der Waals surface area contributed by atoms with Crippen LogP contribution in [-0.4, -0.2) is 79.9 Å². The highest BCUT2D eigenvalue weighted by Gasteiger charge is 2.41. The largest absolute Gasteiger partial charge is 0.459 e. The van der Waals surface area contributed by atoms with Crippen molar-refractivity contribution in [1.29, 1.82) is 0 Å². The molecule has 2 fully saturated rings. The van der Waals surface area contributed by atoms with Crippen molar-refractivity contribution >= 4 is 56.7 Å². The molecule has 0 saturated carbocycles. The number of rotatable bonds is 6. The van der Waals surface area contributed by atoms with Crippen molar-refractivity contribution < 1.29 is 17.9 Å². The molecule has 0 spiro atoms. The molecule has 34 heavy (non-hydrogen) atoms. The van der Waals surface area contributed by atoms with E-state index in [0.29, 0.717) is 42.1 Å². The average Bonchev–Trinajstić information content (AvgIpc) is 3.16. The maximum absolute atomic E-state index is 13.1. The van der Waals surface area contributed by atoms with E-state index >= 15 is 0 Å². The van der Waals surface area contributed by atoms with Gasteiger partial charge in [0.15, 0.2) is 0 Å². The zero-order chi connectivity index (χ0) is 22.7. The van der Waals surface area contributed by atoms with Crippen LogP contribution in [0.5, 0.6) is 0 Å². The minimum absolute atomic E-state index is 0. The van der Waals surface area contributed by atoms with E-state index in [1.807, 2.05) is 18.2 Å². The molecule has 0 unspecified atom stereocenters. The fourth-order valence-corrected chi connectivity index (χ4v) is 6.94. The second kappa shape index (κ2) is 12.7. The Bertz CT molecular complexity index is 1050. The third kappa shape index (κ3) is 6.72. The summed E-state index contributed by atoms with van der Waals surface area (Å²) in [5, 5.41) is 0. The van der Waals surface area contributed by atoms with E-state index < -0.39 is 10.0 Å². The highest BCUT2D eigenvalue weighted by atomic mass is 79.9. The molecular weight excluding hydrogens is 565 g/mol. The lowest BCUT2D eigenvalue weighted by Crippen LogP contribution is -2.55. The first-order valence-corrected chi connectivity index (χ1v) is 13.0. The number of esters is 1. The maximum atomic E-state index is 13.1. The minimum atomic E-state index is -3.56. The first-order chi connectivity index (χ1) is 15.3. The molecule has 4 rings (SSSR count). The van der Waals surface area contributed by atoms with Crippen LogP contribution in [0.3, 0.4) is 0 Å². The van der Waals surface area contributed by atoms with Gasteiger partial charge in [-0.1, -0.05) is 42.5 Å². The van der Waals surface area contributed by atoms with Gasteiger partial charge in [0.05, 0.1) is 10.9 Å². The molecule has 2 heterocycles. The van der Waals surface area contributed by atoms with E-state index in [-0.39, 0.29) is 42.9 Å². The Morgan fingerprint density at radius 1 is 0.971 bits per heavy atom. The van der Waals surface area contributed by atoms with Gasteiger partial charge in [0, 0.05) is 57.2 Å². The number of nitrogens with zero attached hydrogens (tertiary/aromatic N) is 3. The summed E-state index contributed by atoms with van der Waals surface area (Å²) in [5.41, 5.74) is 1.22.